The van der Waals surface area contributed by atoms with Crippen LogP contribution < -0.4 is 10.6 Å². The molecule has 2 atom stereocenters. The summed E-state index contributed by atoms with van der Waals surface area (Å²) in [6.07, 6.45) is 3.53. The van der Waals surface area contributed by atoms with Crippen LogP contribution in [0.25, 0.3) is 0 Å². The van der Waals surface area contributed by atoms with E-state index in [-0.39, 0.29) is 23.7 Å². The predicted octanol–water partition coefficient (Wildman–Crippen LogP) is 1.07. The van der Waals surface area contributed by atoms with Gasteiger partial charge in [0, 0.05) is 11.8 Å². The molecule has 2 amide bonds. The molecule has 0 bridgehead atoms. The van der Waals surface area contributed by atoms with E-state index in [0.717, 1.165) is 25.7 Å². The highest BCUT2D eigenvalue weighted by Gasteiger charge is 2.35. The zero-order valence-corrected chi connectivity index (χ0v) is 12.2. The topological polar surface area (TPSA) is 58.2 Å². The van der Waals surface area contributed by atoms with Gasteiger partial charge in [0.2, 0.25) is 11.8 Å². The van der Waals surface area contributed by atoms with Crippen molar-refractivity contribution < 1.29 is 9.59 Å². The van der Waals surface area contributed by atoms with E-state index in [4.69, 9.17) is 0 Å². The standard InChI is InChI=1S/C16H22N2O2/c1-3-5-11-17-15(19)13-9-7-8-10-14(13)16(20)18-12-6-4-2/h13-14H,7-12H2,1-2H3,(H,17,19)(H,18,20). The van der Waals surface area contributed by atoms with Gasteiger partial charge in [-0.25, -0.2) is 0 Å². The first-order chi connectivity index (χ1) is 9.70. The van der Waals surface area contributed by atoms with Crippen LogP contribution >= 0.6 is 0 Å². The third-order valence-corrected chi connectivity index (χ3v) is 3.50. The first-order valence-electron chi connectivity index (χ1n) is 7.05. The van der Waals surface area contributed by atoms with Crippen LogP contribution in [0.1, 0.15) is 39.5 Å². The van der Waals surface area contributed by atoms with Crippen molar-refractivity contribution in [2.45, 2.75) is 39.5 Å². The minimum atomic E-state index is -0.239. The van der Waals surface area contributed by atoms with Crippen molar-refractivity contribution in [3.63, 3.8) is 0 Å². The molecule has 1 aliphatic carbocycles. The molecule has 0 aromatic heterocycles. The first kappa shape index (κ1) is 16.1. The molecule has 2 unspecified atom stereocenters. The number of carbonyl (C=O) groups is 2. The van der Waals surface area contributed by atoms with Crippen LogP contribution in [-0.4, -0.2) is 24.9 Å². The van der Waals surface area contributed by atoms with Gasteiger partial charge in [-0.3, -0.25) is 9.59 Å². The van der Waals surface area contributed by atoms with Crippen molar-refractivity contribution in [2.75, 3.05) is 13.1 Å². The number of nitrogens with one attached hydrogen (secondary N) is 2. The van der Waals surface area contributed by atoms with Gasteiger partial charge < -0.3 is 10.6 Å². The Labute approximate surface area is 121 Å². The fourth-order valence-electron chi connectivity index (χ4n) is 2.46. The molecule has 1 aliphatic rings. The summed E-state index contributed by atoms with van der Waals surface area (Å²) in [7, 11) is 0. The molecule has 0 aromatic carbocycles. The van der Waals surface area contributed by atoms with E-state index in [1.807, 2.05) is 0 Å². The van der Waals surface area contributed by atoms with Gasteiger partial charge in [-0.2, -0.15) is 0 Å². The number of hydrogen-bond acceptors (Lipinski definition) is 2. The normalized spacial score (nSPS) is 20.7. The Balaban J connectivity index is 2.59. The van der Waals surface area contributed by atoms with E-state index < -0.39 is 0 Å². The van der Waals surface area contributed by atoms with E-state index in [9.17, 15) is 9.59 Å². The predicted molar refractivity (Wildman–Crippen MR) is 78.4 cm³/mol. The molecule has 2 N–H and O–H groups in total. The van der Waals surface area contributed by atoms with Gasteiger partial charge in [-0.1, -0.05) is 24.7 Å². The van der Waals surface area contributed by atoms with Gasteiger partial charge >= 0.3 is 0 Å². The number of amides is 2. The molecule has 1 saturated carbocycles. The van der Waals surface area contributed by atoms with Gasteiger partial charge in [0.25, 0.3) is 0 Å². The SMILES string of the molecule is CC#CCNC(=O)C1CCCCC1C(=O)NCC#CC. The molecule has 0 spiro atoms. The van der Waals surface area contributed by atoms with Crippen molar-refractivity contribution in [1.29, 1.82) is 0 Å². The summed E-state index contributed by atoms with van der Waals surface area (Å²) in [5.74, 6) is 10.5. The quantitative estimate of drug-likeness (QED) is 0.754. The molecule has 0 heterocycles. The molecule has 20 heavy (non-hydrogen) atoms. The first-order valence-corrected chi connectivity index (χ1v) is 7.05. The molecule has 4 heteroatoms. The average Bonchev–Trinajstić information content (AvgIpc) is 2.47. The lowest BCUT2D eigenvalue weighted by Gasteiger charge is -2.29. The minimum Gasteiger partial charge on any atom is -0.345 e. The highest BCUT2D eigenvalue weighted by molar-refractivity contribution is 5.88. The van der Waals surface area contributed by atoms with Crippen LogP contribution in [0.15, 0.2) is 0 Å². The smallest absolute Gasteiger partial charge is 0.224 e. The van der Waals surface area contributed by atoms with Crippen LogP contribution in [0.5, 0.6) is 0 Å². The Kier molecular flexibility index (Phi) is 7.29. The number of rotatable bonds is 4. The van der Waals surface area contributed by atoms with Crippen LogP contribution in [0.2, 0.25) is 0 Å². The van der Waals surface area contributed by atoms with Crippen LogP contribution in [0, 0.1) is 35.5 Å². The Bertz CT molecular complexity index is 418. The lowest BCUT2D eigenvalue weighted by Crippen LogP contribution is -2.44. The lowest BCUT2D eigenvalue weighted by atomic mass is 9.78. The summed E-state index contributed by atoms with van der Waals surface area (Å²) in [4.78, 5) is 24.3. The summed E-state index contributed by atoms with van der Waals surface area (Å²) >= 11 is 0. The van der Waals surface area contributed by atoms with Crippen molar-refractivity contribution in [2.24, 2.45) is 11.8 Å². The van der Waals surface area contributed by atoms with Gasteiger partial charge in [-0.15, -0.1) is 11.8 Å². The molecule has 108 valence electrons. The zero-order valence-electron chi connectivity index (χ0n) is 12.2. The largest absolute Gasteiger partial charge is 0.345 e. The highest BCUT2D eigenvalue weighted by Crippen LogP contribution is 2.30. The van der Waals surface area contributed by atoms with Crippen molar-refractivity contribution in [3.05, 3.63) is 0 Å². The van der Waals surface area contributed by atoms with E-state index in [0.29, 0.717) is 13.1 Å². The Morgan fingerprint density at radius 1 is 0.900 bits per heavy atom. The third-order valence-electron chi connectivity index (χ3n) is 3.50. The lowest BCUT2D eigenvalue weighted by molar-refractivity contribution is -0.136. The second-order valence-corrected chi connectivity index (χ2v) is 4.79. The van der Waals surface area contributed by atoms with Crippen LogP contribution in [0.4, 0.5) is 0 Å². The minimum absolute atomic E-state index is 0.0609. The molecule has 0 saturated heterocycles. The molecular weight excluding hydrogens is 252 g/mol. The summed E-state index contributed by atoms with van der Waals surface area (Å²) in [5, 5.41) is 5.57. The molecular formula is C16H22N2O2. The molecule has 0 radical (unpaired) electrons. The van der Waals surface area contributed by atoms with E-state index in [2.05, 4.69) is 34.3 Å². The number of carbonyl (C=O) groups excluding carboxylic acids is 2. The molecule has 1 fully saturated rings. The summed E-state index contributed by atoms with van der Waals surface area (Å²) in [6, 6.07) is 0. The Morgan fingerprint density at radius 2 is 1.30 bits per heavy atom. The summed E-state index contributed by atoms with van der Waals surface area (Å²) in [5.41, 5.74) is 0. The van der Waals surface area contributed by atoms with Gasteiger partial charge in [0.15, 0.2) is 0 Å². The maximum atomic E-state index is 12.1. The second-order valence-electron chi connectivity index (χ2n) is 4.79. The Hall–Kier alpha value is -1.94. The molecule has 0 aliphatic heterocycles. The van der Waals surface area contributed by atoms with Crippen molar-refractivity contribution >= 4 is 11.8 Å². The number of hydrogen-bond donors (Lipinski definition) is 2. The fourth-order valence-corrected chi connectivity index (χ4v) is 2.46. The molecule has 0 aromatic rings. The van der Waals surface area contributed by atoms with E-state index in [1.165, 1.54) is 0 Å². The third kappa shape index (κ3) is 4.97. The highest BCUT2D eigenvalue weighted by atomic mass is 16.2. The van der Waals surface area contributed by atoms with Gasteiger partial charge in [-0.05, 0) is 26.7 Å². The molecule has 4 nitrogen and oxygen atoms in total. The van der Waals surface area contributed by atoms with Gasteiger partial charge in [0.1, 0.15) is 0 Å². The maximum Gasteiger partial charge on any atom is 0.224 e. The molecule has 1 rings (SSSR count). The van der Waals surface area contributed by atoms with Gasteiger partial charge in [0.05, 0.1) is 13.1 Å². The second kappa shape index (κ2) is 9.04. The van der Waals surface area contributed by atoms with E-state index in [1.54, 1.807) is 13.8 Å². The Morgan fingerprint density at radius 3 is 1.65 bits per heavy atom. The van der Waals surface area contributed by atoms with E-state index >= 15 is 0 Å². The van der Waals surface area contributed by atoms with Crippen LogP contribution in [-0.2, 0) is 9.59 Å². The maximum absolute atomic E-state index is 12.1. The fraction of sp³-hybridized carbons (Fsp3) is 0.625. The van der Waals surface area contributed by atoms with Crippen molar-refractivity contribution in [1.82, 2.24) is 10.6 Å². The monoisotopic (exact) mass is 274 g/mol. The average molecular weight is 274 g/mol. The summed E-state index contributed by atoms with van der Waals surface area (Å²) in [6.45, 7) is 4.17. The summed E-state index contributed by atoms with van der Waals surface area (Å²) < 4.78 is 0. The van der Waals surface area contributed by atoms with Crippen LogP contribution in [0.3, 0.4) is 0 Å². The zero-order chi connectivity index (χ0) is 14.8. The van der Waals surface area contributed by atoms with Crippen molar-refractivity contribution in [3.8, 4) is 23.7 Å².